The van der Waals surface area contributed by atoms with Crippen molar-refractivity contribution < 1.29 is 14.6 Å². The largest absolute Gasteiger partial charge is 0.489 e. The number of carboxylic acids is 1. The van der Waals surface area contributed by atoms with Gasteiger partial charge in [0.15, 0.2) is 0 Å². The van der Waals surface area contributed by atoms with Crippen molar-refractivity contribution in [2.75, 3.05) is 0 Å². The van der Waals surface area contributed by atoms with E-state index in [1.54, 1.807) is 18.5 Å². The molecule has 20 heavy (non-hydrogen) atoms. The van der Waals surface area contributed by atoms with E-state index in [1.807, 2.05) is 19.9 Å². The van der Waals surface area contributed by atoms with Crippen LogP contribution in [0.1, 0.15) is 24.2 Å². The lowest BCUT2D eigenvalue weighted by molar-refractivity contribution is 0.0697. The van der Waals surface area contributed by atoms with Gasteiger partial charge >= 0.3 is 5.97 Å². The van der Waals surface area contributed by atoms with E-state index in [0.29, 0.717) is 10.8 Å². The highest BCUT2D eigenvalue weighted by Crippen LogP contribution is 2.30. The Hall–Kier alpha value is -2.07. The average Bonchev–Trinajstić information content (AvgIpc) is 2.38. The number of aromatic carboxylic acids is 1. The second-order valence-electron chi connectivity index (χ2n) is 4.58. The maximum atomic E-state index is 10.9. The van der Waals surface area contributed by atoms with E-state index in [4.69, 9.17) is 21.4 Å². The number of rotatable bonds is 4. The summed E-state index contributed by atoms with van der Waals surface area (Å²) in [5, 5.41) is 9.29. The van der Waals surface area contributed by atoms with Crippen LogP contribution in [-0.4, -0.2) is 22.2 Å². The average molecular weight is 292 g/mol. The molecule has 0 atom stereocenters. The van der Waals surface area contributed by atoms with Crippen LogP contribution in [0.25, 0.3) is 11.1 Å². The molecule has 2 rings (SSSR count). The van der Waals surface area contributed by atoms with Crippen molar-refractivity contribution in [3.05, 3.63) is 47.2 Å². The molecule has 0 radical (unpaired) electrons. The number of aromatic nitrogens is 1. The number of hydrogen-bond donors (Lipinski definition) is 1. The van der Waals surface area contributed by atoms with Gasteiger partial charge in [-0.2, -0.15) is 0 Å². The van der Waals surface area contributed by atoms with Crippen molar-refractivity contribution in [1.29, 1.82) is 0 Å². The minimum Gasteiger partial charge on any atom is -0.489 e. The van der Waals surface area contributed by atoms with Gasteiger partial charge in [0.05, 0.1) is 17.9 Å². The quantitative estimate of drug-likeness (QED) is 0.928. The second-order valence-corrected chi connectivity index (χ2v) is 4.98. The first-order valence-corrected chi connectivity index (χ1v) is 6.50. The Labute approximate surface area is 122 Å². The lowest BCUT2D eigenvalue weighted by Gasteiger charge is -2.11. The Morgan fingerprint density at radius 1 is 1.30 bits per heavy atom. The standard InChI is InChI=1S/C15H14ClNO3/c1-9(2)20-12-5-11(7-17-8-12)13-4-3-10(15(18)19)6-14(13)16/h3-9H,1-2H3,(H,18,19). The monoisotopic (exact) mass is 291 g/mol. The van der Waals surface area contributed by atoms with Gasteiger partial charge in [-0.05, 0) is 32.0 Å². The van der Waals surface area contributed by atoms with Gasteiger partial charge in [0.1, 0.15) is 5.75 Å². The first-order chi connectivity index (χ1) is 9.47. The van der Waals surface area contributed by atoms with E-state index in [0.717, 1.165) is 11.1 Å². The molecule has 0 unspecified atom stereocenters. The Kier molecular flexibility index (Phi) is 4.25. The summed E-state index contributed by atoms with van der Waals surface area (Å²) < 4.78 is 5.58. The molecule has 0 saturated heterocycles. The molecular formula is C15H14ClNO3. The summed E-state index contributed by atoms with van der Waals surface area (Å²) in [5.74, 6) is -0.357. The van der Waals surface area contributed by atoms with Crippen LogP contribution in [0.15, 0.2) is 36.7 Å². The lowest BCUT2D eigenvalue weighted by atomic mass is 10.1. The van der Waals surface area contributed by atoms with Crippen LogP contribution in [0.2, 0.25) is 5.02 Å². The van der Waals surface area contributed by atoms with Gasteiger partial charge in [-0.25, -0.2) is 4.79 Å². The fourth-order valence-corrected chi connectivity index (χ4v) is 2.07. The molecule has 1 N–H and O–H groups in total. The Balaban J connectivity index is 2.38. The molecule has 4 nitrogen and oxygen atoms in total. The summed E-state index contributed by atoms with van der Waals surface area (Å²) in [6.07, 6.45) is 3.34. The molecule has 0 saturated carbocycles. The summed E-state index contributed by atoms with van der Waals surface area (Å²) in [5.41, 5.74) is 1.66. The van der Waals surface area contributed by atoms with Crippen LogP contribution in [0.3, 0.4) is 0 Å². The molecule has 1 aromatic heterocycles. The van der Waals surface area contributed by atoms with Crippen molar-refractivity contribution in [2.24, 2.45) is 0 Å². The molecule has 1 aromatic carbocycles. The van der Waals surface area contributed by atoms with E-state index in [9.17, 15) is 4.79 Å². The van der Waals surface area contributed by atoms with Crippen molar-refractivity contribution >= 4 is 17.6 Å². The number of benzene rings is 1. The molecule has 0 aliphatic heterocycles. The van der Waals surface area contributed by atoms with Gasteiger partial charge in [-0.1, -0.05) is 17.7 Å². The second kappa shape index (κ2) is 5.92. The third-order valence-electron chi connectivity index (χ3n) is 2.61. The number of carboxylic acid groups (broad SMARTS) is 1. The maximum Gasteiger partial charge on any atom is 0.335 e. The van der Waals surface area contributed by atoms with E-state index in [1.165, 1.54) is 12.1 Å². The summed E-state index contributed by atoms with van der Waals surface area (Å²) >= 11 is 6.13. The maximum absolute atomic E-state index is 10.9. The SMILES string of the molecule is CC(C)Oc1cncc(-c2ccc(C(=O)O)cc2Cl)c1. The first-order valence-electron chi connectivity index (χ1n) is 6.12. The predicted molar refractivity (Wildman–Crippen MR) is 77.4 cm³/mol. The van der Waals surface area contributed by atoms with E-state index in [2.05, 4.69) is 4.98 Å². The Morgan fingerprint density at radius 2 is 2.05 bits per heavy atom. The van der Waals surface area contributed by atoms with Crippen LogP contribution in [0.4, 0.5) is 0 Å². The minimum atomic E-state index is -1.01. The van der Waals surface area contributed by atoms with E-state index >= 15 is 0 Å². The van der Waals surface area contributed by atoms with Gasteiger partial charge in [0, 0.05) is 22.3 Å². The van der Waals surface area contributed by atoms with Crippen molar-refractivity contribution in [3.63, 3.8) is 0 Å². The van der Waals surface area contributed by atoms with E-state index in [-0.39, 0.29) is 11.7 Å². The lowest BCUT2D eigenvalue weighted by Crippen LogP contribution is -2.05. The minimum absolute atomic E-state index is 0.0527. The van der Waals surface area contributed by atoms with Crippen LogP contribution in [0.5, 0.6) is 5.75 Å². The summed E-state index contributed by atoms with van der Waals surface area (Å²) in [4.78, 5) is 15.0. The molecule has 2 aromatic rings. The van der Waals surface area contributed by atoms with Gasteiger partial charge in [-0.15, -0.1) is 0 Å². The highest BCUT2D eigenvalue weighted by molar-refractivity contribution is 6.33. The fourth-order valence-electron chi connectivity index (χ4n) is 1.78. The van der Waals surface area contributed by atoms with Gasteiger partial charge in [0.25, 0.3) is 0 Å². The van der Waals surface area contributed by atoms with Crippen LogP contribution in [-0.2, 0) is 0 Å². The summed E-state index contributed by atoms with van der Waals surface area (Å²) in [6, 6.07) is 6.44. The molecule has 0 amide bonds. The first kappa shape index (κ1) is 14.3. The fraction of sp³-hybridized carbons (Fsp3) is 0.200. The predicted octanol–water partition coefficient (Wildman–Crippen LogP) is 3.89. The molecule has 0 bridgehead atoms. The van der Waals surface area contributed by atoms with Crippen LogP contribution >= 0.6 is 11.6 Å². The highest BCUT2D eigenvalue weighted by atomic mass is 35.5. The van der Waals surface area contributed by atoms with Gasteiger partial charge < -0.3 is 9.84 Å². The normalized spacial score (nSPS) is 10.6. The Bertz CT molecular complexity index is 641. The zero-order chi connectivity index (χ0) is 14.7. The Morgan fingerprint density at radius 3 is 2.65 bits per heavy atom. The van der Waals surface area contributed by atoms with Crippen molar-refractivity contribution in [3.8, 4) is 16.9 Å². The molecule has 5 heteroatoms. The zero-order valence-electron chi connectivity index (χ0n) is 11.1. The van der Waals surface area contributed by atoms with Crippen LogP contribution < -0.4 is 4.74 Å². The highest BCUT2D eigenvalue weighted by Gasteiger charge is 2.10. The summed E-state index contributed by atoms with van der Waals surface area (Å²) in [6.45, 7) is 3.86. The molecular weight excluding hydrogens is 278 g/mol. The third-order valence-corrected chi connectivity index (χ3v) is 2.92. The number of halogens is 1. The van der Waals surface area contributed by atoms with E-state index < -0.39 is 5.97 Å². The molecule has 0 spiro atoms. The number of ether oxygens (including phenoxy) is 1. The molecule has 104 valence electrons. The number of hydrogen-bond acceptors (Lipinski definition) is 3. The third kappa shape index (κ3) is 3.27. The number of pyridine rings is 1. The molecule has 0 aliphatic carbocycles. The van der Waals surface area contributed by atoms with Crippen LogP contribution in [0, 0.1) is 0 Å². The number of nitrogens with zero attached hydrogens (tertiary/aromatic N) is 1. The topological polar surface area (TPSA) is 59.4 Å². The molecule has 0 aliphatic rings. The number of carbonyl (C=O) groups is 1. The van der Waals surface area contributed by atoms with Crippen molar-refractivity contribution in [2.45, 2.75) is 20.0 Å². The molecule has 1 heterocycles. The van der Waals surface area contributed by atoms with Gasteiger partial charge in [-0.3, -0.25) is 4.98 Å². The zero-order valence-corrected chi connectivity index (χ0v) is 11.9. The summed E-state index contributed by atoms with van der Waals surface area (Å²) in [7, 11) is 0. The van der Waals surface area contributed by atoms with Crippen molar-refractivity contribution in [1.82, 2.24) is 4.98 Å². The van der Waals surface area contributed by atoms with Gasteiger partial charge in [0.2, 0.25) is 0 Å². The smallest absolute Gasteiger partial charge is 0.335 e. The molecule has 0 fully saturated rings.